The van der Waals surface area contributed by atoms with Gasteiger partial charge in [0.1, 0.15) is 47.2 Å². The zero-order chi connectivity index (χ0) is 20.5. The Labute approximate surface area is 181 Å². The van der Waals surface area contributed by atoms with Crippen LogP contribution in [0.15, 0.2) is 127 Å². The van der Waals surface area contributed by atoms with Gasteiger partial charge in [-0.25, -0.2) is 0 Å². The minimum absolute atomic E-state index is 0.158. The van der Waals surface area contributed by atoms with Crippen molar-refractivity contribution in [2.75, 3.05) is 5.90 Å². The fourth-order valence-electron chi connectivity index (χ4n) is 5.05. The third kappa shape index (κ3) is 3.06. The van der Waals surface area contributed by atoms with Gasteiger partial charge in [0, 0.05) is 6.42 Å². The van der Waals surface area contributed by atoms with Crippen molar-refractivity contribution in [1.82, 2.24) is 0 Å². The van der Waals surface area contributed by atoms with Gasteiger partial charge in [0.2, 0.25) is 0 Å². The third-order valence-electron chi connectivity index (χ3n) is 6.82. The molecule has 3 aromatic rings. The monoisotopic (exact) mass is 426 g/mol. The van der Waals surface area contributed by atoms with E-state index in [2.05, 4.69) is 134 Å². The minimum atomic E-state index is -1.64. The maximum absolute atomic E-state index is 2.68. The van der Waals surface area contributed by atoms with Crippen molar-refractivity contribution in [1.29, 1.82) is 0 Å². The van der Waals surface area contributed by atoms with Gasteiger partial charge in [-0.15, -0.1) is 0 Å². The van der Waals surface area contributed by atoms with E-state index < -0.39 is 14.5 Å². The highest BCUT2D eigenvalue weighted by atomic mass is 31.2. The van der Waals surface area contributed by atoms with Crippen LogP contribution in [0.2, 0.25) is 0 Å². The Morgan fingerprint density at radius 1 is 0.633 bits per heavy atom. The van der Waals surface area contributed by atoms with Gasteiger partial charge in [-0.1, -0.05) is 72.8 Å². The highest BCUT2D eigenvalue weighted by Crippen LogP contribution is 2.85. The molecule has 0 N–H and O–H groups in total. The molecule has 0 saturated carbocycles. The molecule has 2 unspecified atom stereocenters. The van der Waals surface area contributed by atoms with Crippen molar-refractivity contribution in [2.24, 2.45) is 0 Å². The first-order chi connectivity index (χ1) is 14.7. The summed E-state index contributed by atoms with van der Waals surface area (Å²) in [5.74, 6) is 6.57. The zero-order valence-corrected chi connectivity index (χ0v) is 19.2. The van der Waals surface area contributed by atoms with Crippen LogP contribution in [-0.4, -0.2) is 11.1 Å². The Morgan fingerprint density at radius 3 is 1.67 bits per heavy atom. The van der Waals surface area contributed by atoms with Crippen LogP contribution in [-0.2, 0) is 0 Å². The number of hydrogen-bond acceptors (Lipinski definition) is 0. The Kier molecular flexibility index (Phi) is 5.10. The summed E-state index contributed by atoms with van der Waals surface area (Å²) < 4.78 is 0. The summed E-state index contributed by atoms with van der Waals surface area (Å²) in [7, 11) is -3.25. The fourth-order valence-corrected chi connectivity index (χ4v) is 18.3. The SMILES string of the molecule is CC1([P+]2(c3ccccc3)C=C[P+](c3ccccc3)(c3ccccc3)C2)C=CC=CC1. The highest BCUT2D eigenvalue weighted by Gasteiger charge is 2.66. The van der Waals surface area contributed by atoms with E-state index >= 15 is 0 Å². The Balaban J connectivity index is 1.73. The standard InChI is InChI=1S/C28H28P2/c1-28(20-12-5-13-21-28)30(27-18-10-4-11-19-27)23-22-29(24-30,25-14-6-2-7-15-25)26-16-8-3-9-17-26/h2-20,22-23H,21,24H2,1H3/q+2. The first kappa shape index (κ1) is 19.7. The van der Waals surface area contributed by atoms with Crippen molar-refractivity contribution < 1.29 is 0 Å². The van der Waals surface area contributed by atoms with E-state index in [0.29, 0.717) is 0 Å². The molecule has 2 atom stereocenters. The second-order valence-corrected chi connectivity index (χ2v) is 16.3. The van der Waals surface area contributed by atoms with E-state index in [9.17, 15) is 0 Å². The summed E-state index contributed by atoms with van der Waals surface area (Å²) >= 11 is 0. The molecule has 0 amide bonds. The quantitative estimate of drug-likeness (QED) is 0.407. The molecule has 3 aromatic carbocycles. The Morgan fingerprint density at radius 2 is 1.17 bits per heavy atom. The zero-order valence-electron chi connectivity index (χ0n) is 17.4. The average molecular weight is 426 g/mol. The van der Waals surface area contributed by atoms with Crippen LogP contribution < -0.4 is 15.9 Å². The summed E-state index contributed by atoms with van der Waals surface area (Å²) in [5.41, 5.74) is 0. The van der Waals surface area contributed by atoms with Crippen LogP contribution in [0.25, 0.3) is 0 Å². The van der Waals surface area contributed by atoms with Crippen LogP contribution in [0.3, 0.4) is 0 Å². The molecule has 0 radical (unpaired) electrons. The Bertz CT molecular complexity index is 1060. The predicted molar refractivity (Wildman–Crippen MR) is 137 cm³/mol. The number of hydrogen-bond donors (Lipinski definition) is 0. The molecule has 0 spiro atoms. The smallest absolute Gasteiger partial charge is 0.0800 e. The van der Waals surface area contributed by atoms with E-state index in [1.54, 1.807) is 0 Å². The molecule has 1 aliphatic heterocycles. The topological polar surface area (TPSA) is 0 Å². The van der Waals surface area contributed by atoms with Crippen molar-refractivity contribution >= 4 is 30.4 Å². The first-order valence-electron chi connectivity index (χ1n) is 10.7. The van der Waals surface area contributed by atoms with E-state index in [1.807, 2.05) is 0 Å². The van der Waals surface area contributed by atoms with E-state index in [1.165, 1.54) is 21.8 Å². The van der Waals surface area contributed by atoms with Gasteiger partial charge in [-0.3, -0.25) is 0 Å². The normalized spacial score (nSPS) is 26.7. The van der Waals surface area contributed by atoms with E-state index in [4.69, 9.17) is 0 Å². The van der Waals surface area contributed by atoms with Crippen molar-refractivity contribution in [2.45, 2.75) is 18.5 Å². The lowest BCUT2D eigenvalue weighted by Crippen LogP contribution is -2.34. The molecule has 0 aromatic heterocycles. The van der Waals surface area contributed by atoms with Crippen molar-refractivity contribution in [3.63, 3.8) is 0 Å². The largest absolute Gasteiger partial charge is 0.183 e. The van der Waals surface area contributed by atoms with Gasteiger partial charge in [-0.05, 0) is 49.4 Å². The van der Waals surface area contributed by atoms with E-state index in [0.717, 1.165) is 6.42 Å². The van der Waals surface area contributed by atoms with Gasteiger partial charge in [-0.2, -0.15) is 0 Å². The lowest BCUT2D eigenvalue weighted by Gasteiger charge is -2.37. The van der Waals surface area contributed by atoms with Crippen LogP contribution in [0.4, 0.5) is 0 Å². The predicted octanol–water partition coefficient (Wildman–Crippen LogP) is 6.72. The van der Waals surface area contributed by atoms with Crippen LogP contribution in [0.5, 0.6) is 0 Å². The van der Waals surface area contributed by atoms with Crippen molar-refractivity contribution in [3.05, 3.63) is 127 Å². The molecule has 2 aliphatic rings. The molecule has 1 heterocycles. The number of allylic oxidation sites excluding steroid dienone is 4. The van der Waals surface area contributed by atoms with Gasteiger partial charge < -0.3 is 0 Å². The molecule has 0 saturated heterocycles. The average Bonchev–Trinajstić information content (AvgIpc) is 3.25. The second-order valence-electron chi connectivity index (χ2n) is 8.53. The third-order valence-corrected chi connectivity index (χ3v) is 17.8. The van der Waals surface area contributed by atoms with Gasteiger partial charge in [0.15, 0.2) is 5.90 Å². The maximum Gasteiger partial charge on any atom is 0.183 e. The molecule has 1 aliphatic carbocycles. The van der Waals surface area contributed by atoms with Gasteiger partial charge in [0.25, 0.3) is 0 Å². The molecule has 30 heavy (non-hydrogen) atoms. The fraction of sp³-hybridized carbons (Fsp3) is 0.143. The molecule has 0 fully saturated rings. The summed E-state index contributed by atoms with van der Waals surface area (Å²) in [4.78, 5) is 0. The minimum Gasteiger partial charge on any atom is -0.0800 e. The highest BCUT2D eigenvalue weighted by molar-refractivity contribution is 8.07. The van der Waals surface area contributed by atoms with E-state index in [-0.39, 0.29) is 5.16 Å². The summed E-state index contributed by atoms with van der Waals surface area (Å²) in [6, 6.07) is 33.9. The van der Waals surface area contributed by atoms with Crippen LogP contribution >= 0.6 is 14.5 Å². The number of benzene rings is 3. The molecule has 0 nitrogen and oxygen atoms in total. The molecule has 148 valence electrons. The first-order valence-corrected chi connectivity index (χ1v) is 14.7. The molecule has 5 rings (SSSR count). The second kappa shape index (κ2) is 7.77. The van der Waals surface area contributed by atoms with Crippen LogP contribution in [0, 0.1) is 0 Å². The van der Waals surface area contributed by atoms with Gasteiger partial charge >= 0.3 is 0 Å². The molecule has 0 bridgehead atoms. The van der Waals surface area contributed by atoms with Crippen molar-refractivity contribution in [3.8, 4) is 0 Å². The molecular formula is C28H28P2+2. The van der Waals surface area contributed by atoms with Crippen LogP contribution in [0.1, 0.15) is 13.3 Å². The summed E-state index contributed by atoms with van der Waals surface area (Å²) in [5, 5.41) is 4.70. The lowest BCUT2D eigenvalue weighted by atomic mass is 10.0. The number of rotatable bonds is 4. The maximum atomic E-state index is 2.68. The molecular weight excluding hydrogens is 398 g/mol. The summed E-state index contributed by atoms with van der Waals surface area (Å²) in [6.07, 6.45) is 10.4. The molecule has 2 heteroatoms. The van der Waals surface area contributed by atoms with Gasteiger partial charge in [0.05, 0.1) is 0 Å². The Hall–Kier alpha value is -2.26. The lowest BCUT2D eigenvalue weighted by molar-refractivity contribution is 0.779. The summed E-state index contributed by atoms with van der Waals surface area (Å²) in [6.45, 7) is 2.49.